The Hall–Kier alpha value is -1.06. The summed E-state index contributed by atoms with van der Waals surface area (Å²) < 4.78 is 43.6. The third kappa shape index (κ3) is 4.12. The fraction of sp³-hybridized carbons (Fsp3) is 0.600. The Morgan fingerprint density at radius 3 is 2.67 bits per heavy atom. The standard InChI is InChI=1S/C15H22N2O5S.ClH/c1-20-10-15(4-6-16-7-5-15)9-17-23(18,19)12-2-3-13-14(8-12)22-11-21-13;/h2-3,8,16-17H,4-7,9-11H2,1H3;1H. The van der Waals surface area contributed by atoms with Gasteiger partial charge in [-0.1, -0.05) is 0 Å². The zero-order valence-electron chi connectivity index (χ0n) is 13.5. The third-order valence-electron chi connectivity index (χ3n) is 4.41. The van der Waals surface area contributed by atoms with Gasteiger partial charge in [-0.25, -0.2) is 13.1 Å². The molecule has 3 rings (SSSR count). The van der Waals surface area contributed by atoms with Crippen molar-refractivity contribution in [3.63, 3.8) is 0 Å². The van der Waals surface area contributed by atoms with Crippen LogP contribution in [0, 0.1) is 5.41 Å². The second kappa shape index (κ2) is 7.88. The van der Waals surface area contributed by atoms with Gasteiger partial charge in [-0.2, -0.15) is 0 Å². The molecule has 7 nitrogen and oxygen atoms in total. The van der Waals surface area contributed by atoms with Crippen molar-refractivity contribution in [3.05, 3.63) is 18.2 Å². The number of hydrogen-bond donors (Lipinski definition) is 2. The van der Waals surface area contributed by atoms with Gasteiger partial charge in [0.15, 0.2) is 11.5 Å². The van der Waals surface area contributed by atoms with Crippen LogP contribution < -0.4 is 19.5 Å². The molecule has 0 atom stereocenters. The van der Waals surface area contributed by atoms with Gasteiger partial charge in [0.2, 0.25) is 16.8 Å². The predicted octanol–water partition coefficient (Wildman–Crippen LogP) is 1.13. The predicted molar refractivity (Wildman–Crippen MR) is 91.4 cm³/mol. The Balaban J connectivity index is 0.00000208. The highest BCUT2D eigenvalue weighted by molar-refractivity contribution is 7.89. The summed E-state index contributed by atoms with van der Waals surface area (Å²) >= 11 is 0. The molecule has 0 unspecified atom stereocenters. The number of fused-ring (bicyclic) bond motifs is 1. The minimum Gasteiger partial charge on any atom is -0.454 e. The fourth-order valence-corrected chi connectivity index (χ4v) is 4.18. The Kier molecular flexibility index (Phi) is 6.33. The molecular weight excluding hydrogens is 356 g/mol. The normalized spacial score (nSPS) is 18.9. The Labute approximate surface area is 148 Å². The summed E-state index contributed by atoms with van der Waals surface area (Å²) in [7, 11) is -1.95. The summed E-state index contributed by atoms with van der Waals surface area (Å²) in [6, 6.07) is 4.64. The van der Waals surface area contributed by atoms with E-state index in [2.05, 4.69) is 10.0 Å². The number of nitrogens with one attached hydrogen (secondary N) is 2. The van der Waals surface area contributed by atoms with Crippen LogP contribution in [-0.2, 0) is 14.8 Å². The van der Waals surface area contributed by atoms with Crippen LogP contribution in [0.15, 0.2) is 23.1 Å². The van der Waals surface area contributed by atoms with Gasteiger partial charge in [-0.3, -0.25) is 0 Å². The van der Waals surface area contributed by atoms with Crippen LogP contribution in [0.25, 0.3) is 0 Å². The smallest absolute Gasteiger partial charge is 0.240 e. The zero-order chi connectivity index (χ0) is 16.3. The van der Waals surface area contributed by atoms with Crippen molar-refractivity contribution < 1.29 is 22.6 Å². The van der Waals surface area contributed by atoms with E-state index in [1.165, 1.54) is 12.1 Å². The maximum Gasteiger partial charge on any atom is 0.240 e. The molecule has 0 amide bonds. The van der Waals surface area contributed by atoms with Crippen LogP contribution in [0.3, 0.4) is 0 Å². The summed E-state index contributed by atoms with van der Waals surface area (Å²) in [5, 5.41) is 3.29. The Morgan fingerprint density at radius 2 is 1.96 bits per heavy atom. The van der Waals surface area contributed by atoms with Crippen molar-refractivity contribution in [2.45, 2.75) is 17.7 Å². The van der Waals surface area contributed by atoms with E-state index in [1.807, 2.05) is 0 Å². The van der Waals surface area contributed by atoms with E-state index in [-0.39, 0.29) is 29.5 Å². The maximum absolute atomic E-state index is 12.6. The molecule has 0 aliphatic carbocycles. The van der Waals surface area contributed by atoms with Crippen molar-refractivity contribution in [2.75, 3.05) is 40.1 Å². The van der Waals surface area contributed by atoms with E-state index in [4.69, 9.17) is 14.2 Å². The van der Waals surface area contributed by atoms with Gasteiger partial charge in [0, 0.05) is 25.1 Å². The number of piperidine rings is 1. The molecule has 2 aliphatic heterocycles. The maximum atomic E-state index is 12.6. The number of ether oxygens (including phenoxy) is 3. The molecule has 1 aromatic carbocycles. The van der Waals surface area contributed by atoms with Crippen molar-refractivity contribution in [1.82, 2.24) is 10.0 Å². The largest absolute Gasteiger partial charge is 0.454 e. The molecule has 0 saturated carbocycles. The minimum atomic E-state index is -3.60. The van der Waals surface area contributed by atoms with Crippen LogP contribution in [0.1, 0.15) is 12.8 Å². The van der Waals surface area contributed by atoms with E-state index >= 15 is 0 Å². The highest BCUT2D eigenvalue weighted by Crippen LogP contribution is 2.34. The van der Waals surface area contributed by atoms with Gasteiger partial charge in [0.05, 0.1) is 11.5 Å². The van der Waals surface area contributed by atoms with E-state index in [0.29, 0.717) is 24.7 Å². The highest BCUT2D eigenvalue weighted by atomic mass is 35.5. The summed E-state index contributed by atoms with van der Waals surface area (Å²) in [4.78, 5) is 0.184. The molecule has 0 radical (unpaired) electrons. The molecule has 0 spiro atoms. The van der Waals surface area contributed by atoms with Crippen LogP contribution in [-0.4, -0.2) is 48.6 Å². The SMILES string of the molecule is COCC1(CNS(=O)(=O)c2ccc3c(c2)OCO3)CCNCC1.Cl. The Bertz CT molecular complexity index is 656. The van der Waals surface area contributed by atoms with Crippen LogP contribution >= 0.6 is 12.4 Å². The number of methoxy groups -OCH3 is 1. The molecule has 2 N–H and O–H groups in total. The van der Waals surface area contributed by atoms with Crippen molar-refractivity contribution in [2.24, 2.45) is 5.41 Å². The van der Waals surface area contributed by atoms with Crippen molar-refractivity contribution >= 4 is 22.4 Å². The summed E-state index contributed by atoms with van der Waals surface area (Å²) in [5.41, 5.74) is -0.163. The van der Waals surface area contributed by atoms with Crippen LogP contribution in [0.4, 0.5) is 0 Å². The first kappa shape index (κ1) is 19.3. The molecule has 1 saturated heterocycles. The van der Waals surface area contributed by atoms with E-state index in [0.717, 1.165) is 25.9 Å². The van der Waals surface area contributed by atoms with Crippen LogP contribution in [0.5, 0.6) is 11.5 Å². The number of sulfonamides is 1. The summed E-state index contributed by atoms with van der Waals surface area (Å²) in [6.07, 6.45) is 1.76. The second-order valence-corrected chi connectivity index (χ2v) is 7.79. The Morgan fingerprint density at radius 1 is 1.25 bits per heavy atom. The average molecular weight is 379 g/mol. The highest BCUT2D eigenvalue weighted by Gasteiger charge is 2.33. The number of halogens is 1. The lowest BCUT2D eigenvalue weighted by Crippen LogP contribution is -2.47. The molecule has 2 heterocycles. The van der Waals surface area contributed by atoms with Gasteiger partial charge in [-0.05, 0) is 38.1 Å². The molecular formula is C15H23ClN2O5S. The lowest BCUT2D eigenvalue weighted by Gasteiger charge is -2.37. The van der Waals surface area contributed by atoms with Crippen molar-refractivity contribution in [1.29, 1.82) is 0 Å². The molecule has 0 aromatic heterocycles. The molecule has 2 aliphatic rings. The lowest BCUT2D eigenvalue weighted by atomic mass is 9.80. The third-order valence-corrected chi connectivity index (χ3v) is 5.81. The molecule has 9 heteroatoms. The zero-order valence-corrected chi connectivity index (χ0v) is 15.2. The summed E-state index contributed by atoms with van der Waals surface area (Å²) in [5.74, 6) is 1.03. The number of benzene rings is 1. The van der Waals surface area contributed by atoms with Gasteiger partial charge in [0.25, 0.3) is 0 Å². The average Bonchev–Trinajstić information content (AvgIpc) is 3.02. The first-order valence-electron chi connectivity index (χ1n) is 7.64. The van der Waals surface area contributed by atoms with Gasteiger partial charge >= 0.3 is 0 Å². The quantitative estimate of drug-likeness (QED) is 0.771. The topological polar surface area (TPSA) is 85.9 Å². The van der Waals surface area contributed by atoms with E-state index in [1.54, 1.807) is 13.2 Å². The minimum absolute atomic E-state index is 0. The van der Waals surface area contributed by atoms with Crippen molar-refractivity contribution in [3.8, 4) is 11.5 Å². The first-order chi connectivity index (χ1) is 11.0. The summed E-state index contributed by atoms with van der Waals surface area (Å²) in [6.45, 7) is 2.76. The number of hydrogen-bond acceptors (Lipinski definition) is 6. The first-order valence-corrected chi connectivity index (χ1v) is 9.12. The fourth-order valence-electron chi connectivity index (χ4n) is 3.01. The van der Waals surface area contributed by atoms with Gasteiger partial charge < -0.3 is 19.5 Å². The molecule has 0 bridgehead atoms. The molecule has 24 heavy (non-hydrogen) atoms. The van der Waals surface area contributed by atoms with Crippen LogP contribution in [0.2, 0.25) is 0 Å². The second-order valence-electron chi connectivity index (χ2n) is 6.02. The van der Waals surface area contributed by atoms with E-state index < -0.39 is 10.0 Å². The van der Waals surface area contributed by atoms with E-state index in [9.17, 15) is 8.42 Å². The van der Waals surface area contributed by atoms with Gasteiger partial charge in [0.1, 0.15) is 0 Å². The van der Waals surface area contributed by atoms with Gasteiger partial charge in [-0.15, -0.1) is 12.4 Å². The monoisotopic (exact) mass is 378 g/mol. The lowest BCUT2D eigenvalue weighted by molar-refractivity contribution is 0.0577. The molecule has 136 valence electrons. The molecule has 1 aromatic rings. The number of rotatable bonds is 6. The molecule has 1 fully saturated rings.